The van der Waals surface area contributed by atoms with E-state index in [1.807, 2.05) is 0 Å². The standard InChI is InChI=1S/C10H19NO5/c1-10(2,3)16-9(14)11(5-6-15-4)7-8(12)13/h5-7H2,1-4H3,(H,12,13). The smallest absolute Gasteiger partial charge is 0.410 e. The predicted octanol–water partition coefficient (Wildman–Crippen LogP) is 0.954. The van der Waals surface area contributed by atoms with Crippen LogP contribution in [-0.4, -0.2) is 54.5 Å². The lowest BCUT2D eigenvalue weighted by Gasteiger charge is -2.26. The number of carboxylic acids is 1. The molecule has 1 amide bonds. The van der Waals surface area contributed by atoms with E-state index in [4.69, 9.17) is 14.6 Å². The summed E-state index contributed by atoms with van der Waals surface area (Å²) in [6.07, 6.45) is -0.646. The number of carboxylic acid groups (broad SMARTS) is 1. The van der Waals surface area contributed by atoms with E-state index >= 15 is 0 Å². The second kappa shape index (κ2) is 6.32. The molecule has 0 atom stereocenters. The van der Waals surface area contributed by atoms with Crippen molar-refractivity contribution in [3.63, 3.8) is 0 Å². The highest BCUT2D eigenvalue weighted by Crippen LogP contribution is 2.09. The first-order valence-corrected chi connectivity index (χ1v) is 4.95. The van der Waals surface area contributed by atoms with Crippen LogP contribution in [0, 0.1) is 0 Å². The minimum absolute atomic E-state index is 0.192. The first-order valence-electron chi connectivity index (χ1n) is 4.95. The molecular weight excluding hydrogens is 214 g/mol. The number of amides is 1. The predicted molar refractivity (Wildman–Crippen MR) is 57.3 cm³/mol. The molecule has 0 aliphatic carbocycles. The average molecular weight is 233 g/mol. The first-order chi connectivity index (χ1) is 7.26. The van der Waals surface area contributed by atoms with Gasteiger partial charge in [-0.1, -0.05) is 0 Å². The van der Waals surface area contributed by atoms with E-state index in [0.29, 0.717) is 0 Å². The van der Waals surface area contributed by atoms with Crippen LogP contribution < -0.4 is 0 Å². The molecule has 0 heterocycles. The Kier molecular flexibility index (Phi) is 5.81. The molecule has 0 bridgehead atoms. The molecule has 0 aliphatic heterocycles. The molecule has 94 valence electrons. The number of methoxy groups -OCH3 is 1. The lowest BCUT2D eigenvalue weighted by Crippen LogP contribution is -2.41. The molecule has 16 heavy (non-hydrogen) atoms. The number of carbonyl (C=O) groups excluding carboxylic acids is 1. The van der Waals surface area contributed by atoms with E-state index in [1.165, 1.54) is 7.11 Å². The molecule has 0 aromatic carbocycles. The zero-order valence-corrected chi connectivity index (χ0v) is 10.1. The molecule has 0 unspecified atom stereocenters. The Bertz CT molecular complexity index is 246. The fraction of sp³-hybridized carbons (Fsp3) is 0.800. The van der Waals surface area contributed by atoms with Crippen molar-refractivity contribution in [2.45, 2.75) is 26.4 Å². The fourth-order valence-corrected chi connectivity index (χ4v) is 0.926. The molecule has 6 nitrogen and oxygen atoms in total. The zero-order chi connectivity index (χ0) is 12.8. The normalized spacial score (nSPS) is 11.0. The summed E-state index contributed by atoms with van der Waals surface area (Å²) in [5.41, 5.74) is -0.638. The third-order valence-corrected chi connectivity index (χ3v) is 1.54. The van der Waals surface area contributed by atoms with E-state index in [0.717, 1.165) is 4.90 Å². The van der Waals surface area contributed by atoms with Crippen LogP contribution in [0.1, 0.15) is 20.8 Å². The summed E-state index contributed by atoms with van der Waals surface area (Å²) >= 11 is 0. The van der Waals surface area contributed by atoms with Crippen molar-refractivity contribution in [1.82, 2.24) is 4.90 Å². The van der Waals surface area contributed by atoms with E-state index in [9.17, 15) is 9.59 Å². The fourth-order valence-electron chi connectivity index (χ4n) is 0.926. The molecular formula is C10H19NO5. The summed E-state index contributed by atoms with van der Waals surface area (Å²) in [7, 11) is 1.48. The maximum atomic E-state index is 11.6. The topological polar surface area (TPSA) is 76.1 Å². The Hall–Kier alpha value is -1.30. The molecule has 0 saturated heterocycles. The van der Waals surface area contributed by atoms with Crippen LogP contribution in [0.4, 0.5) is 4.79 Å². The van der Waals surface area contributed by atoms with Gasteiger partial charge in [0.1, 0.15) is 12.1 Å². The number of hydrogen-bond donors (Lipinski definition) is 1. The van der Waals surface area contributed by atoms with E-state index in [-0.39, 0.29) is 13.2 Å². The average Bonchev–Trinajstić information content (AvgIpc) is 2.08. The van der Waals surface area contributed by atoms with Crippen molar-refractivity contribution >= 4 is 12.1 Å². The molecule has 0 radical (unpaired) electrons. The SMILES string of the molecule is COCCN(CC(=O)O)C(=O)OC(C)(C)C. The third-order valence-electron chi connectivity index (χ3n) is 1.54. The highest BCUT2D eigenvalue weighted by molar-refractivity contribution is 5.76. The molecule has 0 aliphatic rings. The monoisotopic (exact) mass is 233 g/mol. The maximum absolute atomic E-state index is 11.6. The van der Waals surface area contributed by atoms with Crippen LogP contribution >= 0.6 is 0 Å². The quantitative estimate of drug-likeness (QED) is 0.765. The van der Waals surface area contributed by atoms with E-state index in [1.54, 1.807) is 20.8 Å². The molecule has 0 rings (SSSR count). The molecule has 1 N–H and O–H groups in total. The minimum Gasteiger partial charge on any atom is -0.480 e. The van der Waals surface area contributed by atoms with Gasteiger partial charge in [-0.2, -0.15) is 0 Å². The molecule has 0 fully saturated rings. The number of hydrogen-bond acceptors (Lipinski definition) is 4. The highest BCUT2D eigenvalue weighted by atomic mass is 16.6. The number of nitrogens with zero attached hydrogens (tertiary/aromatic N) is 1. The first kappa shape index (κ1) is 14.7. The summed E-state index contributed by atoms with van der Waals surface area (Å²) < 4.78 is 9.86. The molecule has 0 saturated carbocycles. The van der Waals surface area contributed by atoms with E-state index in [2.05, 4.69) is 0 Å². The van der Waals surface area contributed by atoms with Gasteiger partial charge in [-0.15, -0.1) is 0 Å². The van der Waals surface area contributed by atoms with Crippen LogP contribution in [-0.2, 0) is 14.3 Å². The number of aliphatic carboxylic acids is 1. The molecule has 0 aromatic heterocycles. The highest BCUT2D eigenvalue weighted by Gasteiger charge is 2.23. The van der Waals surface area contributed by atoms with Gasteiger partial charge in [0.2, 0.25) is 0 Å². The lowest BCUT2D eigenvalue weighted by atomic mass is 10.2. The van der Waals surface area contributed by atoms with Gasteiger partial charge in [-0.05, 0) is 20.8 Å². The Labute approximate surface area is 95.1 Å². The van der Waals surface area contributed by atoms with Crippen LogP contribution in [0.25, 0.3) is 0 Å². The summed E-state index contributed by atoms with van der Waals surface area (Å²) in [4.78, 5) is 23.2. The van der Waals surface area contributed by atoms with Crippen molar-refractivity contribution in [2.75, 3.05) is 26.8 Å². The summed E-state index contributed by atoms with van der Waals surface area (Å²) in [6, 6.07) is 0. The van der Waals surface area contributed by atoms with Gasteiger partial charge in [-0.25, -0.2) is 4.79 Å². The maximum Gasteiger partial charge on any atom is 0.410 e. The largest absolute Gasteiger partial charge is 0.480 e. The van der Waals surface area contributed by atoms with E-state index < -0.39 is 24.2 Å². The second-order valence-corrected chi connectivity index (χ2v) is 4.29. The van der Waals surface area contributed by atoms with Gasteiger partial charge in [0, 0.05) is 13.7 Å². The lowest BCUT2D eigenvalue weighted by molar-refractivity contribution is -0.138. The molecule has 0 aromatic rings. The Morgan fingerprint density at radius 2 is 1.88 bits per heavy atom. The zero-order valence-electron chi connectivity index (χ0n) is 10.1. The Morgan fingerprint density at radius 1 is 1.31 bits per heavy atom. The summed E-state index contributed by atoms with van der Waals surface area (Å²) in [5, 5.41) is 8.64. The van der Waals surface area contributed by atoms with Crippen LogP contribution in [0.5, 0.6) is 0 Å². The van der Waals surface area contributed by atoms with Crippen LogP contribution in [0.2, 0.25) is 0 Å². The van der Waals surface area contributed by atoms with Gasteiger partial charge in [0.25, 0.3) is 0 Å². The third kappa shape index (κ3) is 7.05. The second-order valence-electron chi connectivity index (χ2n) is 4.29. The molecule has 0 spiro atoms. The minimum atomic E-state index is -1.08. The molecule has 6 heteroatoms. The van der Waals surface area contributed by atoms with Gasteiger partial charge in [-0.3, -0.25) is 9.69 Å². The number of ether oxygens (including phenoxy) is 2. The Morgan fingerprint density at radius 3 is 2.25 bits per heavy atom. The van der Waals surface area contributed by atoms with Crippen LogP contribution in [0.3, 0.4) is 0 Å². The van der Waals surface area contributed by atoms with Crippen molar-refractivity contribution in [3.05, 3.63) is 0 Å². The Balaban J connectivity index is 4.37. The van der Waals surface area contributed by atoms with Gasteiger partial charge < -0.3 is 14.6 Å². The van der Waals surface area contributed by atoms with Gasteiger partial charge >= 0.3 is 12.1 Å². The summed E-state index contributed by atoms with van der Waals surface area (Å²) in [5.74, 6) is -1.08. The van der Waals surface area contributed by atoms with Crippen molar-refractivity contribution < 1.29 is 24.2 Å². The van der Waals surface area contributed by atoms with Gasteiger partial charge in [0.05, 0.1) is 6.61 Å². The summed E-state index contributed by atoms with van der Waals surface area (Å²) in [6.45, 7) is 5.24. The van der Waals surface area contributed by atoms with Crippen molar-refractivity contribution in [2.24, 2.45) is 0 Å². The number of carbonyl (C=O) groups is 2. The van der Waals surface area contributed by atoms with Crippen LogP contribution in [0.15, 0.2) is 0 Å². The van der Waals surface area contributed by atoms with Crippen molar-refractivity contribution in [1.29, 1.82) is 0 Å². The number of rotatable bonds is 5. The van der Waals surface area contributed by atoms with Crippen molar-refractivity contribution in [3.8, 4) is 0 Å². The van der Waals surface area contributed by atoms with Gasteiger partial charge in [0.15, 0.2) is 0 Å².